The molecule has 3 aromatic carbocycles. The monoisotopic (exact) mass is 738 g/mol. The topological polar surface area (TPSA) is 89.0 Å². The van der Waals surface area contributed by atoms with Crippen molar-refractivity contribution in [2.24, 2.45) is 0 Å². The Balaban J connectivity index is 1.49. The van der Waals surface area contributed by atoms with Gasteiger partial charge in [0.05, 0.1) is 41.4 Å². The van der Waals surface area contributed by atoms with Crippen LogP contribution in [-0.2, 0) is 23.3 Å². The number of aryl methyl sites for hydroxylation is 2. The second kappa shape index (κ2) is 12.7. The molecule has 3 atom stereocenters. The number of fused-ring (bicyclic) bond motifs is 1. The van der Waals surface area contributed by atoms with Gasteiger partial charge in [-0.25, -0.2) is 14.6 Å². The number of methoxy groups -OCH3 is 1. The normalized spacial score (nSPS) is 19.1. The lowest BCUT2D eigenvalue weighted by Gasteiger charge is -2.27. The number of nitrogens with zero attached hydrogens (tertiary/aromatic N) is 2. The Bertz CT molecular complexity index is 2060. The van der Waals surface area contributed by atoms with Crippen LogP contribution in [0.25, 0.3) is 22.3 Å². The first-order valence-electron chi connectivity index (χ1n) is 15.6. The number of halogens is 9. The van der Waals surface area contributed by atoms with Gasteiger partial charge in [-0.1, -0.05) is 12.1 Å². The zero-order valence-electron chi connectivity index (χ0n) is 27.3. The van der Waals surface area contributed by atoms with Gasteiger partial charge in [-0.2, -0.15) is 39.5 Å². The highest BCUT2D eigenvalue weighted by Gasteiger charge is 2.52. The molecular weight excluding hydrogens is 711 g/mol. The lowest BCUT2D eigenvalue weighted by atomic mass is 9.88. The third-order valence-corrected chi connectivity index (χ3v) is 9.34. The number of hydrogen-bond acceptors (Lipinski definition) is 5. The molecule has 0 saturated carbocycles. The molecule has 0 unspecified atom stereocenters. The first kappa shape index (κ1) is 36.5. The van der Waals surface area contributed by atoms with E-state index in [9.17, 15) is 54.2 Å². The molecule has 2 fully saturated rings. The van der Waals surface area contributed by atoms with Gasteiger partial charge in [0.1, 0.15) is 6.10 Å². The van der Waals surface area contributed by atoms with Crippen molar-refractivity contribution in [2.75, 3.05) is 7.11 Å². The van der Waals surface area contributed by atoms with Crippen LogP contribution in [0.1, 0.15) is 74.3 Å². The standard InChI is InChI=1S/C36H27F9N2O5/c1-16-8-18(32(48)49)4-5-23(16)20-12-26(31(51-3)46-15-20)24-9-17(2)27(36(43,44)45)14-25(24)28-6-7-29-30(52-33(50)47(28)29)19-10-21(34(37,38)39)13-22(11-19)35(40,41)42/h4-5,8-15,28-30H,6-7H2,1-3H3,(H,48,49)/t28-,29-,30+/m0/s1. The number of amides is 1. The van der Waals surface area contributed by atoms with E-state index in [4.69, 9.17) is 9.47 Å². The molecule has 0 aliphatic carbocycles. The predicted octanol–water partition coefficient (Wildman–Crippen LogP) is 10.2. The molecule has 0 radical (unpaired) electrons. The molecule has 4 aromatic rings. The summed E-state index contributed by atoms with van der Waals surface area (Å²) < 4.78 is 136. The van der Waals surface area contributed by atoms with Crippen molar-refractivity contribution in [3.63, 3.8) is 0 Å². The Morgan fingerprint density at radius 2 is 1.48 bits per heavy atom. The largest absolute Gasteiger partial charge is 0.481 e. The van der Waals surface area contributed by atoms with Crippen LogP contribution >= 0.6 is 0 Å². The summed E-state index contributed by atoms with van der Waals surface area (Å²) in [5, 5.41) is 9.39. The van der Waals surface area contributed by atoms with Crippen molar-refractivity contribution in [1.82, 2.24) is 9.88 Å². The highest BCUT2D eigenvalue weighted by Crippen LogP contribution is 2.52. The average molecular weight is 739 g/mol. The van der Waals surface area contributed by atoms with Crippen LogP contribution in [0, 0.1) is 13.8 Å². The molecule has 1 amide bonds. The molecule has 1 N–H and O–H groups in total. The number of pyridine rings is 1. The predicted molar refractivity (Wildman–Crippen MR) is 166 cm³/mol. The summed E-state index contributed by atoms with van der Waals surface area (Å²) in [4.78, 5) is 30.3. The summed E-state index contributed by atoms with van der Waals surface area (Å²) in [5.74, 6) is -1.16. The minimum absolute atomic E-state index is 0.0102. The SMILES string of the molecule is COc1ncc(-c2ccc(C(=O)O)cc2C)cc1-c1cc(C)c(C(F)(F)F)cc1[C@@H]1CC[C@H]2[C@@H](c3cc(C(F)(F)F)cc(C(F)(F)F)c3)OC(=O)N12. The van der Waals surface area contributed by atoms with Crippen LogP contribution in [0.3, 0.4) is 0 Å². The van der Waals surface area contributed by atoms with Crippen molar-refractivity contribution < 1.29 is 63.7 Å². The lowest BCUT2D eigenvalue weighted by Crippen LogP contribution is -2.31. The van der Waals surface area contributed by atoms with Gasteiger partial charge in [0.2, 0.25) is 5.88 Å². The zero-order chi connectivity index (χ0) is 38.1. The highest BCUT2D eigenvalue weighted by molar-refractivity contribution is 5.89. The van der Waals surface area contributed by atoms with Gasteiger partial charge in [0, 0.05) is 17.3 Å². The number of carboxylic acids is 1. The Hall–Kier alpha value is -5.28. The fourth-order valence-electron chi connectivity index (χ4n) is 7.00. The van der Waals surface area contributed by atoms with Crippen LogP contribution in [0.2, 0.25) is 0 Å². The van der Waals surface area contributed by atoms with E-state index in [1.807, 2.05) is 0 Å². The summed E-state index contributed by atoms with van der Waals surface area (Å²) in [6.45, 7) is 2.90. The highest BCUT2D eigenvalue weighted by atomic mass is 19.4. The molecule has 1 aromatic heterocycles. The molecule has 7 nitrogen and oxygen atoms in total. The maximum atomic E-state index is 14.3. The maximum Gasteiger partial charge on any atom is 0.416 e. The van der Waals surface area contributed by atoms with E-state index < -0.39 is 71.0 Å². The van der Waals surface area contributed by atoms with Gasteiger partial charge in [-0.15, -0.1) is 0 Å². The van der Waals surface area contributed by atoms with Crippen molar-refractivity contribution in [3.8, 4) is 28.1 Å². The summed E-state index contributed by atoms with van der Waals surface area (Å²) >= 11 is 0. The van der Waals surface area contributed by atoms with Crippen LogP contribution in [0.4, 0.5) is 44.3 Å². The van der Waals surface area contributed by atoms with Crippen LogP contribution in [-0.4, -0.2) is 40.2 Å². The average Bonchev–Trinajstić information content (AvgIpc) is 3.63. The summed E-state index contributed by atoms with van der Waals surface area (Å²) in [5.41, 5.74) is -3.10. The fraction of sp³-hybridized carbons (Fsp3) is 0.306. The summed E-state index contributed by atoms with van der Waals surface area (Å²) in [7, 11) is 1.29. The van der Waals surface area contributed by atoms with Crippen LogP contribution in [0.15, 0.2) is 60.8 Å². The zero-order valence-corrected chi connectivity index (χ0v) is 27.3. The molecule has 16 heteroatoms. The van der Waals surface area contributed by atoms with Gasteiger partial charge in [0.25, 0.3) is 0 Å². The van der Waals surface area contributed by atoms with Gasteiger partial charge in [-0.3, -0.25) is 4.90 Å². The Kier molecular flexibility index (Phi) is 8.94. The maximum absolute atomic E-state index is 14.3. The molecule has 2 aliphatic heterocycles. The Labute approximate surface area is 289 Å². The number of aromatic nitrogens is 1. The number of rotatable bonds is 6. The number of carbonyl (C=O) groups is 2. The molecule has 52 heavy (non-hydrogen) atoms. The van der Waals surface area contributed by atoms with E-state index in [1.165, 1.54) is 38.4 Å². The molecule has 3 heterocycles. The Morgan fingerprint density at radius 1 is 0.827 bits per heavy atom. The number of carboxylic acid groups (broad SMARTS) is 1. The van der Waals surface area contributed by atoms with E-state index >= 15 is 0 Å². The van der Waals surface area contributed by atoms with Crippen molar-refractivity contribution in [2.45, 2.75) is 63.4 Å². The van der Waals surface area contributed by atoms with E-state index in [-0.39, 0.29) is 52.6 Å². The van der Waals surface area contributed by atoms with Crippen LogP contribution < -0.4 is 4.74 Å². The minimum Gasteiger partial charge on any atom is -0.481 e. The van der Waals surface area contributed by atoms with Crippen LogP contribution in [0.5, 0.6) is 5.88 Å². The summed E-state index contributed by atoms with van der Waals surface area (Å²) in [6, 6.07) is 6.66. The van der Waals surface area contributed by atoms with E-state index in [1.54, 1.807) is 19.1 Å². The van der Waals surface area contributed by atoms with Gasteiger partial charge >= 0.3 is 30.6 Å². The smallest absolute Gasteiger partial charge is 0.416 e. The minimum atomic E-state index is -5.17. The number of ether oxygens (including phenoxy) is 2. The molecule has 274 valence electrons. The Morgan fingerprint density at radius 3 is 2.04 bits per heavy atom. The lowest BCUT2D eigenvalue weighted by molar-refractivity contribution is -0.143. The number of cyclic esters (lactones) is 1. The molecule has 0 bridgehead atoms. The summed E-state index contributed by atoms with van der Waals surface area (Å²) in [6.07, 6.45) is -16.5. The first-order chi connectivity index (χ1) is 24.2. The number of aromatic carboxylic acids is 1. The molecule has 2 saturated heterocycles. The van der Waals surface area contributed by atoms with E-state index in [0.29, 0.717) is 28.8 Å². The van der Waals surface area contributed by atoms with Crippen molar-refractivity contribution >= 4 is 12.1 Å². The quantitative estimate of drug-likeness (QED) is 0.198. The third kappa shape index (κ3) is 6.61. The van der Waals surface area contributed by atoms with Gasteiger partial charge in [0.15, 0.2) is 0 Å². The number of alkyl halides is 9. The van der Waals surface area contributed by atoms with Gasteiger partial charge in [-0.05, 0) is 103 Å². The van der Waals surface area contributed by atoms with Gasteiger partial charge < -0.3 is 14.6 Å². The second-order valence-corrected chi connectivity index (χ2v) is 12.6. The number of carbonyl (C=O) groups excluding carboxylic acids is 1. The third-order valence-electron chi connectivity index (χ3n) is 9.34. The molecular formula is C36H27F9N2O5. The molecule has 0 spiro atoms. The van der Waals surface area contributed by atoms with E-state index in [2.05, 4.69) is 4.98 Å². The van der Waals surface area contributed by atoms with Crippen molar-refractivity contribution in [3.05, 3.63) is 105 Å². The first-order valence-corrected chi connectivity index (χ1v) is 15.6. The van der Waals surface area contributed by atoms with Crippen molar-refractivity contribution in [1.29, 1.82) is 0 Å². The molecule has 6 rings (SSSR count). The molecule has 2 aliphatic rings. The second-order valence-electron chi connectivity index (χ2n) is 12.6. The number of hydrogen-bond donors (Lipinski definition) is 1. The fourth-order valence-corrected chi connectivity index (χ4v) is 7.00. The van der Waals surface area contributed by atoms with E-state index in [0.717, 1.165) is 11.0 Å². The number of benzene rings is 3.